The molecule has 0 saturated carbocycles. The fourth-order valence-corrected chi connectivity index (χ4v) is 32.0. The normalized spacial score (nSPS) is 20.1. The summed E-state index contributed by atoms with van der Waals surface area (Å²) in [6.07, 6.45) is 0. The molecular weight excluding hydrogens is 505 g/mol. The topological polar surface area (TPSA) is 48.1 Å². The average molecular weight is 541 g/mol. The Balaban J connectivity index is 1.73. The molecule has 1 saturated heterocycles. The van der Waals surface area contributed by atoms with Gasteiger partial charge in [-0.15, -0.1) is 0 Å². The molecule has 0 unspecified atom stereocenters. The second-order valence-corrected chi connectivity index (χ2v) is 26.5. The Hall–Kier alpha value is -2.41. The summed E-state index contributed by atoms with van der Waals surface area (Å²) in [5.74, 6) is 0. The molecule has 8 heteroatoms. The molecule has 0 bridgehead atoms. The Morgan fingerprint density at radius 3 is 0.722 bits per heavy atom. The first-order chi connectivity index (χ1) is 17.2. The van der Waals surface area contributed by atoms with E-state index in [1.54, 1.807) is 0 Å². The molecule has 4 aromatic carbocycles. The third-order valence-electron chi connectivity index (χ3n) is 6.83. The molecule has 4 nitrogen and oxygen atoms in total. The lowest BCUT2D eigenvalue weighted by atomic mass is 10.4. The Morgan fingerprint density at radius 1 is 0.333 bits per heavy atom. The maximum Gasteiger partial charge on any atom is 0.256 e. The molecule has 4 N–H and O–H groups in total. The van der Waals surface area contributed by atoms with Gasteiger partial charge in [0.15, 0.2) is 16.8 Å². The molecule has 1 aliphatic rings. The average Bonchev–Trinajstić information content (AvgIpc) is 2.88. The number of rotatable bonds is 4. The van der Waals surface area contributed by atoms with E-state index < -0.39 is 33.6 Å². The minimum atomic E-state index is -2.53. The second kappa shape index (κ2) is 9.80. The molecule has 0 atom stereocenters. The van der Waals surface area contributed by atoms with Crippen molar-refractivity contribution in [2.45, 2.75) is 26.2 Å². The molecule has 4 aromatic rings. The van der Waals surface area contributed by atoms with E-state index >= 15 is 0 Å². The van der Waals surface area contributed by atoms with Crippen LogP contribution in [-0.4, -0.2) is 33.6 Å². The number of benzene rings is 4. The second-order valence-electron chi connectivity index (χ2n) is 10.7. The van der Waals surface area contributed by atoms with Crippen LogP contribution in [0.4, 0.5) is 0 Å². The lowest BCUT2D eigenvalue weighted by Gasteiger charge is -2.53. The number of hydrogen-bond donors (Lipinski definition) is 4. The van der Waals surface area contributed by atoms with E-state index in [1.807, 2.05) is 0 Å². The van der Waals surface area contributed by atoms with Crippen LogP contribution < -0.4 is 39.3 Å². The van der Waals surface area contributed by atoms with Gasteiger partial charge in [0.05, 0.1) is 0 Å². The van der Waals surface area contributed by atoms with Crippen LogP contribution in [0.25, 0.3) is 0 Å². The van der Waals surface area contributed by atoms with Gasteiger partial charge in [0.1, 0.15) is 0 Å². The highest BCUT2D eigenvalue weighted by Crippen LogP contribution is 2.15. The predicted octanol–water partition coefficient (Wildman–Crippen LogP) is 2.28. The summed E-state index contributed by atoms with van der Waals surface area (Å²) in [6.45, 7) is 9.71. The first-order valence-corrected chi connectivity index (χ1v) is 22.6. The van der Waals surface area contributed by atoms with Crippen molar-refractivity contribution in [2.75, 3.05) is 0 Å². The number of nitrogens with one attached hydrogen (secondary N) is 4. The van der Waals surface area contributed by atoms with Gasteiger partial charge in [0.25, 0.3) is 16.8 Å². The highest BCUT2D eigenvalue weighted by molar-refractivity contribution is 7.18. The fraction of sp³-hybridized carbons (Fsp3) is 0.143. The van der Waals surface area contributed by atoms with Crippen molar-refractivity contribution < 1.29 is 0 Å². The lowest BCUT2D eigenvalue weighted by molar-refractivity contribution is 1.07. The van der Waals surface area contributed by atoms with E-state index in [2.05, 4.69) is 166 Å². The van der Waals surface area contributed by atoms with Crippen molar-refractivity contribution in [1.29, 1.82) is 0 Å². The summed E-state index contributed by atoms with van der Waals surface area (Å²) in [5, 5.41) is 5.48. The van der Waals surface area contributed by atoms with E-state index in [1.165, 1.54) is 20.7 Å². The van der Waals surface area contributed by atoms with Crippen LogP contribution in [0, 0.1) is 0 Å². The van der Waals surface area contributed by atoms with Gasteiger partial charge in [-0.25, -0.2) is 0 Å². The molecule has 0 amide bonds. The van der Waals surface area contributed by atoms with Crippen molar-refractivity contribution in [3.8, 4) is 0 Å². The van der Waals surface area contributed by atoms with Crippen LogP contribution in [0.5, 0.6) is 0 Å². The van der Waals surface area contributed by atoms with Crippen LogP contribution in [-0.2, 0) is 0 Å². The van der Waals surface area contributed by atoms with Gasteiger partial charge in [-0.2, -0.15) is 0 Å². The maximum atomic E-state index is 4.38. The van der Waals surface area contributed by atoms with Crippen molar-refractivity contribution >= 4 is 54.3 Å². The number of hydrogen-bond acceptors (Lipinski definition) is 4. The third-order valence-corrected chi connectivity index (χ3v) is 27.6. The standard InChI is InChI=1S/C28H36N4Si4/c1-33(2)29-35(25-17-9-5-10-18-25,26-19-11-6-12-20-26)31-34(3,4)32-36(30-33,27-21-13-7-14-22-27)28-23-15-8-16-24-28/h5-24,29-32H,1-4H3. The molecule has 0 aliphatic carbocycles. The Bertz CT molecular complexity index is 1080. The molecule has 1 fully saturated rings. The fourth-order valence-electron chi connectivity index (χ4n) is 5.66. The zero-order valence-corrected chi connectivity index (χ0v) is 25.5. The summed E-state index contributed by atoms with van der Waals surface area (Å²) in [6, 6.07) is 44.2. The molecule has 184 valence electrons. The van der Waals surface area contributed by atoms with Crippen molar-refractivity contribution in [3.63, 3.8) is 0 Å². The van der Waals surface area contributed by atoms with E-state index in [0.717, 1.165) is 0 Å². The van der Waals surface area contributed by atoms with Gasteiger partial charge in [0.2, 0.25) is 0 Å². The molecule has 1 heterocycles. The third kappa shape index (κ3) is 4.91. The largest absolute Gasteiger partial charge is 0.329 e. The smallest absolute Gasteiger partial charge is 0.256 e. The zero-order chi connectivity index (χ0) is 25.3. The van der Waals surface area contributed by atoms with Gasteiger partial charge < -0.3 is 18.6 Å². The highest BCUT2D eigenvalue weighted by atomic mass is 28.5. The monoisotopic (exact) mass is 540 g/mol. The van der Waals surface area contributed by atoms with Crippen LogP contribution >= 0.6 is 0 Å². The minimum absolute atomic E-state index is 1.37. The zero-order valence-electron chi connectivity index (χ0n) is 21.5. The van der Waals surface area contributed by atoms with Crippen molar-refractivity contribution in [2.24, 2.45) is 0 Å². The van der Waals surface area contributed by atoms with Crippen LogP contribution in [0.3, 0.4) is 0 Å². The van der Waals surface area contributed by atoms with Crippen LogP contribution in [0.1, 0.15) is 0 Å². The van der Waals surface area contributed by atoms with E-state index in [9.17, 15) is 0 Å². The van der Waals surface area contributed by atoms with Gasteiger partial charge in [-0.1, -0.05) is 121 Å². The summed E-state index contributed by atoms with van der Waals surface area (Å²) in [5.41, 5.74) is 0. The summed E-state index contributed by atoms with van der Waals surface area (Å²) < 4.78 is 17.5. The highest BCUT2D eigenvalue weighted by Gasteiger charge is 2.55. The first kappa shape index (κ1) is 25.2. The summed E-state index contributed by atoms with van der Waals surface area (Å²) in [4.78, 5) is 0. The van der Waals surface area contributed by atoms with Gasteiger partial charge in [-0.3, -0.25) is 0 Å². The molecule has 0 aromatic heterocycles. The Labute approximate surface area is 219 Å². The van der Waals surface area contributed by atoms with Gasteiger partial charge in [0, 0.05) is 0 Å². The predicted molar refractivity (Wildman–Crippen MR) is 163 cm³/mol. The summed E-state index contributed by atoms with van der Waals surface area (Å²) in [7, 11) is -9.50. The van der Waals surface area contributed by atoms with Crippen molar-refractivity contribution in [1.82, 2.24) is 18.6 Å². The van der Waals surface area contributed by atoms with Crippen LogP contribution in [0.15, 0.2) is 121 Å². The first-order valence-electron chi connectivity index (χ1n) is 12.6. The molecular formula is C28H36N4Si4. The SMILES string of the molecule is C[Si]1(C)N[Si](c2ccccc2)(c2ccccc2)N[Si](C)(C)N[Si](c2ccccc2)(c2ccccc2)N1. The van der Waals surface area contributed by atoms with E-state index in [0.29, 0.717) is 0 Å². The van der Waals surface area contributed by atoms with Crippen LogP contribution in [0.2, 0.25) is 26.2 Å². The molecule has 0 radical (unpaired) electrons. The van der Waals surface area contributed by atoms with E-state index in [4.69, 9.17) is 0 Å². The van der Waals surface area contributed by atoms with Crippen molar-refractivity contribution in [3.05, 3.63) is 121 Å². The van der Waals surface area contributed by atoms with Gasteiger partial charge >= 0.3 is 0 Å². The van der Waals surface area contributed by atoms with Gasteiger partial charge in [-0.05, 0) is 46.9 Å². The molecule has 36 heavy (non-hydrogen) atoms. The Kier molecular flexibility index (Phi) is 6.88. The quantitative estimate of drug-likeness (QED) is 0.300. The lowest BCUT2D eigenvalue weighted by Crippen LogP contribution is -2.98. The van der Waals surface area contributed by atoms with E-state index in [-0.39, 0.29) is 0 Å². The maximum absolute atomic E-state index is 4.38. The minimum Gasteiger partial charge on any atom is -0.329 e. The summed E-state index contributed by atoms with van der Waals surface area (Å²) >= 11 is 0. The molecule has 0 spiro atoms. The molecule has 5 rings (SSSR count). The Morgan fingerprint density at radius 2 is 0.528 bits per heavy atom. The molecule has 1 aliphatic heterocycles.